The van der Waals surface area contributed by atoms with Gasteiger partial charge in [-0.3, -0.25) is 9.69 Å². The molecule has 0 spiro atoms. The lowest BCUT2D eigenvalue weighted by molar-refractivity contribution is -0.141. The molecule has 0 aliphatic carbocycles. The Kier molecular flexibility index (Phi) is 6.45. The van der Waals surface area contributed by atoms with Gasteiger partial charge >= 0.3 is 0 Å². The zero-order valence-electron chi connectivity index (χ0n) is 13.5. The molecule has 0 aromatic heterocycles. The number of aliphatic hydroxyl groups is 1. The van der Waals surface area contributed by atoms with Crippen molar-refractivity contribution in [2.45, 2.75) is 64.1 Å². The lowest BCUT2D eigenvalue weighted by atomic mass is 10.0. The molecule has 0 aromatic carbocycles. The third kappa shape index (κ3) is 4.66. The molecule has 0 saturated carbocycles. The summed E-state index contributed by atoms with van der Waals surface area (Å²) in [7, 11) is 0. The second kappa shape index (κ2) is 8.11. The zero-order chi connectivity index (χ0) is 15.2. The van der Waals surface area contributed by atoms with Crippen molar-refractivity contribution in [2.24, 2.45) is 0 Å². The molecule has 0 bridgehead atoms. The van der Waals surface area contributed by atoms with Crippen LogP contribution in [0.4, 0.5) is 0 Å². The molecule has 3 atom stereocenters. The highest BCUT2D eigenvalue weighted by Gasteiger charge is 2.32. The first kappa shape index (κ1) is 16.7. The molecular weight excluding hydrogens is 268 g/mol. The number of likely N-dealkylation sites (tertiary alicyclic amines) is 1. The van der Waals surface area contributed by atoms with E-state index < -0.39 is 0 Å². The Hall–Kier alpha value is -0.650. The quantitative estimate of drug-likeness (QED) is 0.849. The van der Waals surface area contributed by atoms with Crippen LogP contribution in [0.15, 0.2) is 0 Å². The number of carbonyl (C=O) groups is 1. The van der Waals surface area contributed by atoms with Crippen LogP contribution < -0.4 is 0 Å². The molecule has 21 heavy (non-hydrogen) atoms. The number of rotatable bonds is 4. The van der Waals surface area contributed by atoms with Crippen molar-refractivity contribution >= 4 is 5.91 Å². The number of amides is 1. The fraction of sp³-hybridized carbons (Fsp3) is 0.938. The van der Waals surface area contributed by atoms with Gasteiger partial charge in [0, 0.05) is 19.1 Å². The molecular formula is C16H30N2O3. The van der Waals surface area contributed by atoms with Crippen molar-refractivity contribution in [3.63, 3.8) is 0 Å². The van der Waals surface area contributed by atoms with Gasteiger partial charge in [-0.1, -0.05) is 12.8 Å². The van der Waals surface area contributed by atoms with E-state index in [-0.39, 0.29) is 18.1 Å². The Morgan fingerprint density at radius 2 is 1.90 bits per heavy atom. The summed E-state index contributed by atoms with van der Waals surface area (Å²) in [6.07, 6.45) is 5.13. The lowest BCUT2D eigenvalue weighted by Crippen LogP contribution is -2.53. The lowest BCUT2D eigenvalue weighted by Gasteiger charge is -2.38. The molecule has 2 aliphatic heterocycles. The second-order valence-electron chi connectivity index (χ2n) is 6.44. The number of hydrogen-bond acceptors (Lipinski definition) is 4. The third-order valence-electron chi connectivity index (χ3n) is 4.71. The first-order valence-electron chi connectivity index (χ1n) is 8.40. The van der Waals surface area contributed by atoms with Gasteiger partial charge in [-0.05, 0) is 39.7 Å². The molecule has 2 aliphatic rings. The van der Waals surface area contributed by atoms with Crippen molar-refractivity contribution in [2.75, 3.05) is 32.8 Å². The van der Waals surface area contributed by atoms with E-state index >= 15 is 0 Å². The van der Waals surface area contributed by atoms with E-state index in [1.54, 1.807) is 0 Å². The van der Waals surface area contributed by atoms with Gasteiger partial charge in [0.1, 0.15) is 0 Å². The normalized spacial score (nSPS) is 28.0. The van der Waals surface area contributed by atoms with Crippen molar-refractivity contribution < 1.29 is 14.6 Å². The summed E-state index contributed by atoms with van der Waals surface area (Å²) < 4.78 is 5.33. The fourth-order valence-corrected chi connectivity index (χ4v) is 3.55. The highest BCUT2D eigenvalue weighted by molar-refractivity contribution is 5.81. The van der Waals surface area contributed by atoms with Gasteiger partial charge in [-0.2, -0.15) is 0 Å². The molecule has 2 heterocycles. The molecule has 2 rings (SSSR count). The van der Waals surface area contributed by atoms with Crippen molar-refractivity contribution in [1.82, 2.24) is 9.80 Å². The SMILES string of the molecule is CC(O)CC1CCCCCN1C(C)C(=O)N1CCOCC1. The van der Waals surface area contributed by atoms with Crippen molar-refractivity contribution in [3.8, 4) is 0 Å². The van der Waals surface area contributed by atoms with Gasteiger partial charge in [-0.15, -0.1) is 0 Å². The molecule has 1 amide bonds. The summed E-state index contributed by atoms with van der Waals surface area (Å²) in [6, 6.07) is 0.234. The standard InChI is InChI=1S/C16H30N2O3/c1-13(19)12-15-6-4-3-5-7-18(15)14(2)16(20)17-8-10-21-11-9-17/h13-15,19H,3-12H2,1-2H3. The minimum absolute atomic E-state index is 0.0926. The number of ether oxygens (including phenoxy) is 1. The van der Waals surface area contributed by atoms with Crippen LogP contribution in [-0.2, 0) is 9.53 Å². The molecule has 0 aromatic rings. The van der Waals surface area contributed by atoms with E-state index in [2.05, 4.69) is 4.90 Å². The first-order valence-corrected chi connectivity index (χ1v) is 8.40. The third-order valence-corrected chi connectivity index (χ3v) is 4.71. The number of carbonyl (C=O) groups excluding carboxylic acids is 1. The summed E-state index contributed by atoms with van der Waals surface area (Å²) in [4.78, 5) is 17.0. The Morgan fingerprint density at radius 3 is 2.57 bits per heavy atom. The maximum Gasteiger partial charge on any atom is 0.239 e. The van der Waals surface area contributed by atoms with E-state index in [0.717, 1.165) is 25.8 Å². The number of nitrogens with zero attached hydrogens (tertiary/aromatic N) is 2. The van der Waals surface area contributed by atoms with E-state index in [4.69, 9.17) is 4.74 Å². The highest BCUT2D eigenvalue weighted by Crippen LogP contribution is 2.23. The predicted octanol–water partition coefficient (Wildman–Crippen LogP) is 1.25. The molecule has 5 nitrogen and oxygen atoms in total. The summed E-state index contributed by atoms with van der Waals surface area (Å²) in [5, 5.41) is 9.74. The van der Waals surface area contributed by atoms with Gasteiger partial charge in [0.2, 0.25) is 5.91 Å². The number of morpholine rings is 1. The largest absolute Gasteiger partial charge is 0.393 e. The van der Waals surface area contributed by atoms with Gasteiger partial charge in [0.15, 0.2) is 0 Å². The van der Waals surface area contributed by atoms with Crippen molar-refractivity contribution in [1.29, 1.82) is 0 Å². The molecule has 1 N–H and O–H groups in total. The molecule has 0 radical (unpaired) electrons. The fourth-order valence-electron chi connectivity index (χ4n) is 3.55. The topological polar surface area (TPSA) is 53.0 Å². The maximum absolute atomic E-state index is 12.7. The molecule has 122 valence electrons. The summed E-state index contributed by atoms with van der Waals surface area (Å²) in [5.74, 6) is 0.218. The van der Waals surface area contributed by atoms with Crippen LogP contribution in [0.3, 0.4) is 0 Å². The van der Waals surface area contributed by atoms with Crippen LogP contribution in [0.2, 0.25) is 0 Å². The van der Waals surface area contributed by atoms with Gasteiger partial charge in [0.05, 0.1) is 25.4 Å². The average Bonchev–Trinajstić information content (AvgIpc) is 2.71. The first-order chi connectivity index (χ1) is 10.1. The molecule has 2 saturated heterocycles. The Bertz CT molecular complexity index is 329. The summed E-state index contributed by atoms with van der Waals surface area (Å²) in [5.41, 5.74) is 0. The minimum Gasteiger partial charge on any atom is -0.393 e. The second-order valence-corrected chi connectivity index (χ2v) is 6.44. The van der Waals surface area contributed by atoms with Gasteiger partial charge < -0.3 is 14.7 Å². The Morgan fingerprint density at radius 1 is 1.19 bits per heavy atom. The van der Waals surface area contributed by atoms with Crippen LogP contribution >= 0.6 is 0 Å². The predicted molar refractivity (Wildman–Crippen MR) is 82.1 cm³/mol. The monoisotopic (exact) mass is 298 g/mol. The van der Waals surface area contributed by atoms with E-state index in [0.29, 0.717) is 32.3 Å². The Balaban J connectivity index is 2.01. The maximum atomic E-state index is 12.7. The number of aliphatic hydroxyl groups excluding tert-OH is 1. The molecule has 5 heteroatoms. The van der Waals surface area contributed by atoms with E-state index in [1.807, 2.05) is 18.7 Å². The van der Waals surface area contributed by atoms with Crippen molar-refractivity contribution in [3.05, 3.63) is 0 Å². The van der Waals surface area contributed by atoms with Crippen LogP contribution in [-0.4, -0.2) is 71.8 Å². The van der Waals surface area contributed by atoms with Crippen LogP contribution in [0, 0.1) is 0 Å². The average molecular weight is 298 g/mol. The highest BCUT2D eigenvalue weighted by atomic mass is 16.5. The molecule has 3 unspecified atom stereocenters. The van der Waals surface area contributed by atoms with Gasteiger partial charge in [0.25, 0.3) is 0 Å². The van der Waals surface area contributed by atoms with Crippen LogP contribution in [0.25, 0.3) is 0 Å². The smallest absolute Gasteiger partial charge is 0.239 e. The zero-order valence-corrected chi connectivity index (χ0v) is 13.5. The molecule has 2 fully saturated rings. The van der Waals surface area contributed by atoms with Crippen LogP contribution in [0.5, 0.6) is 0 Å². The van der Waals surface area contributed by atoms with E-state index in [1.165, 1.54) is 12.8 Å². The Labute approximate surface area is 128 Å². The van der Waals surface area contributed by atoms with Crippen LogP contribution in [0.1, 0.15) is 46.0 Å². The number of hydrogen-bond donors (Lipinski definition) is 1. The van der Waals surface area contributed by atoms with E-state index in [9.17, 15) is 9.90 Å². The summed E-state index contributed by atoms with van der Waals surface area (Å²) in [6.45, 7) is 7.55. The minimum atomic E-state index is -0.304. The van der Waals surface area contributed by atoms with Gasteiger partial charge in [-0.25, -0.2) is 0 Å². The summed E-state index contributed by atoms with van der Waals surface area (Å²) >= 11 is 0.